The molecule has 0 spiro atoms. The van der Waals surface area contributed by atoms with E-state index in [1.165, 1.54) is 30.0 Å². The fourth-order valence-electron chi connectivity index (χ4n) is 3.05. The number of nitrogens with two attached hydrogens (primary N) is 1. The van der Waals surface area contributed by atoms with Gasteiger partial charge in [-0.05, 0) is 28.7 Å². The van der Waals surface area contributed by atoms with E-state index in [9.17, 15) is 14.9 Å². The summed E-state index contributed by atoms with van der Waals surface area (Å²) in [5.74, 6) is 0.453. The highest BCUT2D eigenvalue weighted by atomic mass is 16.6. The second-order valence-corrected chi connectivity index (χ2v) is 5.84. The summed E-state index contributed by atoms with van der Waals surface area (Å²) in [7, 11) is 0. The number of nitrogens with zero attached hydrogens (tertiary/aromatic N) is 3. The molecule has 1 aliphatic rings. The fraction of sp³-hybridized carbons (Fsp3) is 0.714. The maximum Gasteiger partial charge on any atom is 0.381 e. The lowest BCUT2D eigenvalue weighted by atomic mass is 9.84. The molecule has 1 amide bonds. The molecular formula is C14H23N5O3. The van der Waals surface area contributed by atoms with Crippen molar-refractivity contribution >= 4 is 11.7 Å². The van der Waals surface area contributed by atoms with Crippen LogP contribution in [0.15, 0.2) is 6.20 Å². The summed E-state index contributed by atoms with van der Waals surface area (Å²) >= 11 is 0. The number of carbonyl (C=O) groups excluding carboxylic acids is 1. The number of hydrogen-bond donors (Lipinski definition) is 2. The van der Waals surface area contributed by atoms with Crippen LogP contribution in [-0.2, 0) is 11.3 Å². The average molecular weight is 309 g/mol. The Morgan fingerprint density at radius 3 is 2.77 bits per heavy atom. The molecule has 3 N–H and O–H groups in total. The van der Waals surface area contributed by atoms with Gasteiger partial charge in [0.05, 0.1) is 0 Å². The Hall–Kier alpha value is -1.96. The molecule has 1 unspecified atom stereocenters. The first-order valence-corrected chi connectivity index (χ1v) is 7.69. The van der Waals surface area contributed by atoms with Crippen LogP contribution in [0.4, 0.5) is 5.82 Å². The van der Waals surface area contributed by atoms with Crippen LogP contribution in [0.5, 0.6) is 0 Å². The second kappa shape index (κ2) is 7.35. The summed E-state index contributed by atoms with van der Waals surface area (Å²) in [6.45, 7) is 2.08. The normalized spacial score (nSPS) is 17.2. The van der Waals surface area contributed by atoms with Crippen molar-refractivity contribution < 1.29 is 9.72 Å². The Morgan fingerprint density at radius 2 is 2.23 bits per heavy atom. The van der Waals surface area contributed by atoms with Gasteiger partial charge in [-0.15, -0.1) is 0 Å². The molecule has 0 aromatic carbocycles. The Bertz CT molecular complexity index is 537. The van der Waals surface area contributed by atoms with Crippen molar-refractivity contribution in [3.05, 3.63) is 22.1 Å². The minimum absolute atomic E-state index is 0.0217. The van der Waals surface area contributed by atoms with Gasteiger partial charge >= 0.3 is 5.82 Å². The number of rotatable bonds is 6. The molecule has 1 atom stereocenters. The van der Waals surface area contributed by atoms with E-state index < -0.39 is 4.92 Å². The number of hydrogen-bond acceptors (Lipinski definition) is 5. The van der Waals surface area contributed by atoms with Gasteiger partial charge in [-0.3, -0.25) is 9.36 Å². The van der Waals surface area contributed by atoms with Crippen molar-refractivity contribution in [3.63, 3.8) is 0 Å². The van der Waals surface area contributed by atoms with E-state index in [4.69, 9.17) is 5.73 Å². The molecule has 8 heteroatoms. The molecule has 1 saturated carbocycles. The highest BCUT2D eigenvalue weighted by Crippen LogP contribution is 2.26. The third-order valence-corrected chi connectivity index (χ3v) is 4.28. The van der Waals surface area contributed by atoms with Crippen LogP contribution in [0.25, 0.3) is 0 Å². The smallest absolute Gasteiger partial charge is 0.358 e. The fourth-order valence-corrected chi connectivity index (χ4v) is 3.05. The first kappa shape index (κ1) is 16.4. The summed E-state index contributed by atoms with van der Waals surface area (Å²) in [4.78, 5) is 26.1. The molecule has 0 aliphatic heterocycles. The van der Waals surface area contributed by atoms with Crippen LogP contribution in [-0.4, -0.2) is 33.0 Å². The first-order valence-electron chi connectivity index (χ1n) is 7.69. The Morgan fingerprint density at radius 1 is 1.55 bits per heavy atom. The molecule has 0 bridgehead atoms. The average Bonchev–Trinajstić information content (AvgIpc) is 2.87. The van der Waals surface area contributed by atoms with Crippen LogP contribution in [0.2, 0.25) is 0 Å². The maximum absolute atomic E-state index is 12.2. The second-order valence-electron chi connectivity index (χ2n) is 5.84. The van der Waals surface area contributed by atoms with Gasteiger partial charge in [0.1, 0.15) is 12.7 Å². The van der Waals surface area contributed by atoms with Crippen LogP contribution in [0, 0.1) is 23.0 Å². The summed E-state index contributed by atoms with van der Waals surface area (Å²) in [5, 5.41) is 13.7. The minimum atomic E-state index is -0.563. The van der Waals surface area contributed by atoms with E-state index >= 15 is 0 Å². The van der Waals surface area contributed by atoms with E-state index in [1.807, 2.05) is 0 Å². The largest absolute Gasteiger partial charge is 0.381 e. The summed E-state index contributed by atoms with van der Waals surface area (Å²) < 4.78 is 1.49. The molecule has 22 heavy (non-hydrogen) atoms. The molecular weight excluding hydrogens is 286 g/mol. The zero-order valence-electron chi connectivity index (χ0n) is 12.8. The Balaban J connectivity index is 1.94. The van der Waals surface area contributed by atoms with Gasteiger partial charge in [0.2, 0.25) is 11.7 Å². The van der Waals surface area contributed by atoms with Gasteiger partial charge in [0.25, 0.3) is 0 Å². The van der Waals surface area contributed by atoms with Gasteiger partial charge in [-0.2, -0.15) is 0 Å². The van der Waals surface area contributed by atoms with Gasteiger partial charge in [0, 0.05) is 19.5 Å². The van der Waals surface area contributed by atoms with Gasteiger partial charge in [-0.25, -0.2) is 0 Å². The number of imidazole rings is 1. The van der Waals surface area contributed by atoms with Crippen molar-refractivity contribution in [2.45, 2.75) is 51.6 Å². The number of nitro groups is 1. The highest BCUT2D eigenvalue weighted by Gasteiger charge is 2.24. The monoisotopic (exact) mass is 309 g/mol. The van der Waals surface area contributed by atoms with Gasteiger partial charge < -0.3 is 21.2 Å². The molecule has 122 valence electrons. The third kappa shape index (κ3) is 4.03. The number of aromatic nitrogens is 2. The molecule has 0 radical (unpaired) electrons. The van der Waals surface area contributed by atoms with Crippen LogP contribution >= 0.6 is 0 Å². The molecule has 0 saturated heterocycles. The Labute approximate surface area is 129 Å². The molecule has 1 heterocycles. The van der Waals surface area contributed by atoms with E-state index in [1.54, 1.807) is 6.92 Å². The van der Waals surface area contributed by atoms with E-state index in [2.05, 4.69) is 10.3 Å². The Kier molecular flexibility index (Phi) is 5.48. The summed E-state index contributed by atoms with van der Waals surface area (Å²) in [5.41, 5.74) is 5.80. The third-order valence-electron chi connectivity index (χ3n) is 4.28. The molecule has 1 fully saturated rings. The predicted octanol–water partition coefficient (Wildman–Crippen LogP) is 1.12. The minimum Gasteiger partial charge on any atom is -0.358 e. The number of amides is 1. The maximum atomic E-state index is 12.2. The van der Waals surface area contributed by atoms with Crippen molar-refractivity contribution in [2.24, 2.45) is 11.7 Å². The molecule has 1 aromatic heterocycles. The van der Waals surface area contributed by atoms with Crippen molar-refractivity contribution in [1.29, 1.82) is 0 Å². The first-order chi connectivity index (χ1) is 10.5. The molecule has 2 rings (SSSR count). The standard InChI is InChI=1S/C14H23N5O3/c1-10-16-13(19(21)22)8-18(10)9-14(20)17-12(7-15)11-5-3-2-4-6-11/h8,11-12H,2-7,9,15H2,1H3,(H,17,20). The predicted molar refractivity (Wildman–Crippen MR) is 81.2 cm³/mol. The lowest BCUT2D eigenvalue weighted by Gasteiger charge is -2.30. The summed E-state index contributed by atoms with van der Waals surface area (Å²) in [6, 6.07) is -0.0217. The zero-order valence-corrected chi connectivity index (χ0v) is 12.8. The molecule has 8 nitrogen and oxygen atoms in total. The van der Waals surface area contributed by atoms with Crippen molar-refractivity contribution in [3.8, 4) is 0 Å². The number of nitrogens with one attached hydrogen (secondary N) is 1. The molecule has 1 aliphatic carbocycles. The van der Waals surface area contributed by atoms with Gasteiger partial charge in [-0.1, -0.05) is 19.3 Å². The van der Waals surface area contributed by atoms with E-state index in [0.29, 0.717) is 18.3 Å². The van der Waals surface area contributed by atoms with Crippen LogP contribution in [0.3, 0.4) is 0 Å². The highest BCUT2D eigenvalue weighted by molar-refractivity contribution is 5.76. The SMILES string of the molecule is Cc1nc([N+](=O)[O-])cn1CC(=O)NC(CN)C1CCCCC1. The van der Waals surface area contributed by atoms with E-state index in [-0.39, 0.29) is 24.3 Å². The summed E-state index contributed by atoms with van der Waals surface area (Å²) in [6.07, 6.45) is 7.09. The quantitative estimate of drug-likeness (QED) is 0.603. The van der Waals surface area contributed by atoms with Gasteiger partial charge in [0.15, 0.2) is 0 Å². The lowest BCUT2D eigenvalue weighted by Crippen LogP contribution is -2.46. The van der Waals surface area contributed by atoms with Crippen LogP contribution in [0.1, 0.15) is 37.9 Å². The number of carbonyl (C=O) groups is 1. The van der Waals surface area contributed by atoms with Crippen molar-refractivity contribution in [1.82, 2.24) is 14.9 Å². The lowest BCUT2D eigenvalue weighted by molar-refractivity contribution is -0.389. The molecule has 1 aromatic rings. The van der Waals surface area contributed by atoms with Crippen molar-refractivity contribution in [2.75, 3.05) is 6.54 Å². The zero-order chi connectivity index (χ0) is 16.1. The van der Waals surface area contributed by atoms with E-state index in [0.717, 1.165) is 12.8 Å². The number of aryl methyl sites for hydroxylation is 1. The topological polar surface area (TPSA) is 116 Å². The van der Waals surface area contributed by atoms with Crippen LogP contribution < -0.4 is 11.1 Å².